The highest BCUT2D eigenvalue weighted by Crippen LogP contribution is 2.43. The number of nitrogens with zero attached hydrogens (tertiary/aromatic N) is 1. The predicted molar refractivity (Wildman–Crippen MR) is 75.8 cm³/mol. The molecule has 0 amide bonds. The molecule has 0 radical (unpaired) electrons. The molecule has 1 heterocycles. The fourth-order valence-electron chi connectivity index (χ4n) is 3.33. The lowest BCUT2D eigenvalue weighted by Gasteiger charge is -2.32. The van der Waals surface area contributed by atoms with Gasteiger partial charge in [0.15, 0.2) is 5.69 Å². The Morgan fingerprint density at radius 3 is 3.16 bits per heavy atom. The van der Waals surface area contributed by atoms with Crippen LogP contribution in [0.15, 0.2) is 24.3 Å². The quantitative estimate of drug-likeness (QED) is 0.592. The Morgan fingerprint density at radius 1 is 1.42 bits per heavy atom. The molecule has 0 bridgehead atoms. The molecule has 4 heteroatoms. The number of rotatable bonds is 2. The highest BCUT2D eigenvalue weighted by Gasteiger charge is 2.42. The second kappa shape index (κ2) is 5.26. The lowest BCUT2D eigenvalue weighted by atomic mass is 9.52. The molecular formula is C15H18BNO2. The maximum atomic E-state index is 7.04. The van der Waals surface area contributed by atoms with Gasteiger partial charge in [0.2, 0.25) is 0 Å². The number of hydrogen-bond donors (Lipinski definition) is 0. The Bertz CT molecular complexity index is 499. The minimum Gasteiger partial charge on any atom is -0.492 e. The van der Waals surface area contributed by atoms with E-state index in [9.17, 15) is 0 Å². The molecule has 1 aliphatic carbocycles. The standard InChI is InChI=1S/C15H18BNO2/c1-16-15-9-14(7-6-11(15)10-18-16)19-13-5-3-4-12(8-13)17-2/h3-5,8,11,14-15H,6-7,9-10H2,1H3. The van der Waals surface area contributed by atoms with Gasteiger partial charge in [-0.2, -0.15) is 0 Å². The van der Waals surface area contributed by atoms with Crippen molar-refractivity contribution < 1.29 is 9.39 Å². The van der Waals surface area contributed by atoms with Crippen LogP contribution in [0.2, 0.25) is 12.6 Å². The van der Waals surface area contributed by atoms with Crippen molar-refractivity contribution >= 4 is 12.6 Å². The largest absolute Gasteiger partial charge is 0.492 e. The van der Waals surface area contributed by atoms with Crippen LogP contribution in [0, 0.1) is 12.5 Å². The monoisotopic (exact) mass is 255 g/mol. The molecule has 1 aromatic carbocycles. The highest BCUT2D eigenvalue weighted by atomic mass is 16.5. The number of ether oxygens (including phenoxy) is 1. The van der Waals surface area contributed by atoms with Crippen LogP contribution in [0.5, 0.6) is 5.75 Å². The minimum atomic E-state index is 0.270. The maximum Gasteiger partial charge on any atom is 0.293 e. The van der Waals surface area contributed by atoms with Crippen LogP contribution in [0.1, 0.15) is 19.3 Å². The van der Waals surface area contributed by atoms with Crippen molar-refractivity contribution in [1.82, 2.24) is 0 Å². The zero-order chi connectivity index (χ0) is 13.2. The van der Waals surface area contributed by atoms with Gasteiger partial charge in [0.25, 0.3) is 6.92 Å². The number of fused-ring (bicyclic) bond motifs is 1. The van der Waals surface area contributed by atoms with Crippen molar-refractivity contribution in [2.24, 2.45) is 5.92 Å². The predicted octanol–water partition coefficient (Wildman–Crippen LogP) is 3.81. The first-order chi connectivity index (χ1) is 9.26. The molecule has 3 atom stereocenters. The third-order valence-electron chi connectivity index (χ3n) is 4.43. The average molecular weight is 255 g/mol. The summed E-state index contributed by atoms with van der Waals surface area (Å²) in [7, 11) is 0. The van der Waals surface area contributed by atoms with Gasteiger partial charge in [0, 0.05) is 6.61 Å². The third kappa shape index (κ3) is 2.62. The van der Waals surface area contributed by atoms with Gasteiger partial charge in [-0.1, -0.05) is 19.0 Å². The molecule has 0 N–H and O–H groups in total. The van der Waals surface area contributed by atoms with Crippen LogP contribution in [-0.2, 0) is 4.65 Å². The highest BCUT2D eigenvalue weighted by molar-refractivity contribution is 6.52. The van der Waals surface area contributed by atoms with E-state index in [0.29, 0.717) is 18.4 Å². The first-order valence-electron chi connectivity index (χ1n) is 7.02. The summed E-state index contributed by atoms with van der Waals surface area (Å²) in [6.45, 7) is 10.5. The smallest absolute Gasteiger partial charge is 0.293 e. The SMILES string of the molecule is [C-]#[N+]c1cccc(OC2CCC3COB(C)C3C2)c1. The van der Waals surface area contributed by atoms with Crippen LogP contribution in [0.3, 0.4) is 0 Å². The average Bonchev–Trinajstić information content (AvgIpc) is 2.80. The Labute approximate surface area is 114 Å². The molecule has 1 aliphatic heterocycles. The van der Waals surface area contributed by atoms with Crippen LogP contribution in [0.25, 0.3) is 4.85 Å². The topological polar surface area (TPSA) is 22.8 Å². The second-order valence-corrected chi connectivity index (χ2v) is 5.62. The molecule has 1 saturated heterocycles. The van der Waals surface area contributed by atoms with Crippen molar-refractivity contribution in [3.05, 3.63) is 35.7 Å². The molecule has 3 rings (SSSR count). The lowest BCUT2D eigenvalue weighted by Crippen LogP contribution is -2.30. The van der Waals surface area contributed by atoms with E-state index in [2.05, 4.69) is 11.7 Å². The molecule has 2 aliphatic rings. The molecular weight excluding hydrogens is 237 g/mol. The lowest BCUT2D eigenvalue weighted by molar-refractivity contribution is 0.130. The van der Waals surface area contributed by atoms with Crippen molar-refractivity contribution in [2.75, 3.05) is 6.61 Å². The van der Waals surface area contributed by atoms with Gasteiger partial charge < -0.3 is 9.39 Å². The van der Waals surface area contributed by atoms with E-state index in [1.807, 2.05) is 24.3 Å². The van der Waals surface area contributed by atoms with Crippen LogP contribution < -0.4 is 4.74 Å². The zero-order valence-corrected chi connectivity index (χ0v) is 11.2. The first-order valence-corrected chi connectivity index (χ1v) is 7.02. The number of benzene rings is 1. The summed E-state index contributed by atoms with van der Waals surface area (Å²) in [5.41, 5.74) is 0.642. The Hall–Kier alpha value is -1.47. The molecule has 1 saturated carbocycles. The molecule has 19 heavy (non-hydrogen) atoms. The summed E-state index contributed by atoms with van der Waals surface area (Å²) >= 11 is 0. The Morgan fingerprint density at radius 2 is 2.32 bits per heavy atom. The molecule has 98 valence electrons. The molecule has 3 nitrogen and oxygen atoms in total. The van der Waals surface area contributed by atoms with E-state index in [1.54, 1.807) is 0 Å². The summed E-state index contributed by atoms with van der Waals surface area (Å²) < 4.78 is 11.8. The van der Waals surface area contributed by atoms with E-state index in [4.69, 9.17) is 16.0 Å². The van der Waals surface area contributed by atoms with Gasteiger partial charge in [-0.05, 0) is 43.1 Å². The minimum absolute atomic E-state index is 0.270. The van der Waals surface area contributed by atoms with E-state index < -0.39 is 0 Å². The number of hydrogen-bond acceptors (Lipinski definition) is 2. The summed E-state index contributed by atoms with van der Waals surface area (Å²) in [5.74, 6) is 2.19. The molecule has 0 aromatic heterocycles. The van der Waals surface area contributed by atoms with E-state index in [-0.39, 0.29) is 6.10 Å². The summed E-state index contributed by atoms with van der Waals surface area (Å²) in [6.07, 6.45) is 3.64. The third-order valence-corrected chi connectivity index (χ3v) is 4.43. The van der Waals surface area contributed by atoms with E-state index >= 15 is 0 Å². The van der Waals surface area contributed by atoms with Gasteiger partial charge in [-0.15, -0.1) is 0 Å². The molecule has 1 aromatic rings. The van der Waals surface area contributed by atoms with Crippen LogP contribution in [-0.4, -0.2) is 19.6 Å². The second-order valence-electron chi connectivity index (χ2n) is 5.62. The van der Waals surface area contributed by atoms with Crippen molar-refractivity contribution in [3.63, 3.8) is 0 Å². The van der Waals surface area contributed by atoms with E-state index in [1.165, 1.54) is 6.42 Å². The fraction of sp³-hybridized carbons (Fsp3) is 0.533. The maximum absolute atomic E-state index is 7.04. The van der Waals surface area contributed by atoms with Crippen molar-refractivity contribution in [3.8, 4) is 5.75 Å². The van der Waals surface area contributed by atoms with Gasteiger partial charge in [0.1, 0.15) is 5.75 Å². The van der Waals surface area contributed by atoms with Gasteiger partial charge >= 0.3 is 0 Å². The first kappa shape index (κ1) is 12.6. The molecule has 2 fully saturated rings. The van der Waals surface area contributed by atoms with Crippen molar-refractivity contribution in [2.45, 2.75) is 38.0 Å². The van der Waals surface area contributed by atoms with Gasteiger partial charge in [0.05, 0.1) is 12.7 Å². The molecule has 0 spiro atoms. The molecule has 3 unspecified atom stereocenters. The van der Waals surface area contributed by atoms with Crippen LogP contribution >= 0.6 is 0 Å². The van der Waals surface area contributed by atoms with Gasteiger partial charge in [-0.25, -0.2) is 4.85 Å². The summed E-state index contributed by atoms with van der Waals surface area (Å²) in [6, 6.07) is 7.46. The fourth-order valence-corrected chi connectivity index (χ4v) is 3.33. The zero-order valence-electron chi connectivity index (χ0n) is 11.2. The normalized spacial score (nSPS) is 29.7. The Kier molecular flexibility index (Phi) is 3.48. The summed E-state index contributed by atoms with van der Waals surface area (Å²) in [4.78, 5) is 3.44. The van der Waals surface area contributed by atoms with Gasteiger partial charge in [-0.3, -0.25) is 0 Å². The van der Waals surface area contributed by atoms with E-state index in [0.717, 1.165) is 31.1 Å². The summed E-state index contributed by atoms with van der Waals surface area (Å²) in [5, 5.41) is 0. The Balaban J connectivity index is 1.65. The van der Waals surface area contributed by atoms with Crippen LogP contribution in [0.4, 0.5) is 5.69 Å². The van der Waals surface area contributed by atoms with Crippen molar-refractivity contribution in [1.29, 1.82) is 0 Å².